The zero-order valence-electron chi connectivity index (χ0n) is 10.4. The molecule has 2 saturated heterocycles. The number of hydrogen-bond acceptors (Lipinski definition) is 3. The Labute approximate surface area is 98.0 Å². The van der Waals surface area contributed by atoms with Crippen LogP contribution in [0.15, 0.2) is 0 Å². The van der Waals surface area contributed by atoms with Crippen molar-refractivity contribution in [2.45, 2.75) is 38.8 Å². The van der Waals surface area contributed by atoms with Crippen LogP contribution in [0.4, 0.5) is 0 Å². The summed E-state index contributed by atoms with van der Waals surface area (Å²) in [7, 11) is 0. The molecule has 1 amide bonds. The molecule has 2 rings (SSSR count). The van der Waals surface area contributed by atoms with E-state index in [0.29, 0.717) is 11.9 Å². The third-order valence-corrected chi connectivity index (χ3v) is 3.71. The van der Waals surface area contributed by atoms with Gasteiger partial charge in [-0.25, -0.2) is 0 Å². The number of nitrogens with one attached hydrogen (secondary N) is 1. The van der Waals surface area contributed by atoms with Gasteiger partial charge in [-0.2, -0.15) is 0 Å². The molecule has 0 aromatic carbocycles. The molecule has 0 aromatic rings. The first kappa shape index (κ1) is 11.9. The Hall–Kier alpha value is -0.610. The van der Waals surface area contributed by atoms with E-state index in [1.54, 1.807) is 0 Å². The fraction of sp³-hybridized carbons (Fsp3) is 0.917. The van der Waals surface area contributed by atoms with Gasteiger partial charge in [0, 0.05) is 32.2 Å². The lowest BCUT2D eigenvalue weighted by Crippen LogP contribution is -2.54. The first-order chi connectivity index (χ1) is 7.68. The van der Waals surface area contributed by atoms with Gasteiger partial charge in [0.15, 0.2) is 0 Å². The third kappa shape index (κ3) is 2.55. The molecule has 0 aromatic heterocycles. The number of nitrogens with zero attached hydrogens (tertiary/aromatic N) is 2. The van der Waals surface area contributed by atoms with Gasteiger partial charge in [0.2, 0.25) is 5.91 Å². The summed E-state index contributed by atoms with van der Waals surface area (Å²) < 4.78 is 0. The Morgan fingerprint density at radius 1 is 1.25 bits per heavy atom. The summed E-state index contributed by atoms with van der Waals surface area (Å²) in [5.74, 6) is 0.320. The number of carbonyl (C=O) groups is 1. The van der Waals surface area contributed by atoms with Gasteiger partial charge in [-0.05, 0) is 33.2 Å². The summed E-state index contributed by atoms with van der Waals surface area (Å²) in [6.45, 7) is 9.28. The van der Waals surface area contributed by atoms with Gasteiger partial charge in [-0.3, -0.25) is 9.69 Å². The van der Waals surface area contributed by atoms with Crippen molar-refractivity contribution in [1.82, 2.24) is 15.1 Å². The topological polar surface area (TPSA) is 35.6 Å². The average molecular weight is 225 g/mol. The minimum atomic E-state index is 0.102. The van der Waals surface area contributed by atoms with Crippen LogP contribution in [0.1, 0.15) is 26.7 Å². The average Bonchev–Trinajstić information content (AvgIpc) is 2.81. The predicted octanol–water partition coefficient (Wildman–Crippen LogP) is 0.291. The summed E-state index contributed by atoms with van der Waals surface area (Å²) >= 11 is 0. The first-order valence-electron chi connectivity index (χ1n) is 6.44. The molecular formula is C12H23N3O. The SMILES string of the molecule is CC(C)N1CCN(C(=O)[C@H]2CCCN2)CC1. The fourth-order valence-electron chi connectivity index (χ4n) is 2.57. The zero-order chi connectivity index (χ0) is 11.5. The van der Waals surface area contributed by atoms with Crippen molar-refractivity contribution in [3.05, 3.63) is 0 Å². The normalized spacial score (nSPS) is 27.7. The summed E-state index contributed by atoms with van der Waals surface area (Å²) in [4.78, 5) is 16.6. The maximum atomic E-state index is 12.1. The number of carbonyl (C=O) groups excluding carboxylic acids is 1. The molecule has 0 bridgehead atoms. The van der Waals surface area contributed by atoms with Gasteiger partial charge in [-0.15, -0.1) is 0 Å². The highest BCUT2D eigenvalue weighted by molar-refractivity contribution is 5.82. The van der Waals surface area contributed by atoms with Crippen molar-refractivity contribution in [2.24, 2.45) is 0 Å². The molecule has 0 aliphatic carbocycles. The summed E-state index contributed by atoms with van der Waals surface area (Å²) in [5.41, 5.74) is 0. The molecule has 0 saturated carbocycles. The molecule has 0 unspecified atom stereocenters. The van der Waals surface area contributed by atoms with Crippen molar-refractivity contribution in [1.29, 1.82) is 0 Å². The monoisotopic (exact) mass is 225 g/mol. The molecule has 0 radical (unpaired) electrons. The molecule has 92 valence electrons. The van der Waals surface area contributed by atoms with Crippen LogP contribution < -0.4 is 5.32 Å². The van der Waals surface area contributed by atoms with Gasteiger partial charge in [0.1, 0.15) is 0 Å². The lowest BCUT2D eigenvalue weighted by molar-refractivity contribution is -0.135. The van der Waals surface area contributed by atoms with E-state index in [2.05, 4.69) is 24.1 Å². The van der Waals surface area contributed by atoms with Crippen molar-refractivity contribution in [3.63, 3.8) is 0 Å². The highest BCUT2D eigenvalue weighted by Crippen LogP contribution is 2.12. The van der Waals surface area contributed by atoms with Crippen LogP contribution >= 0.6 is 0 Å². The second kappa shape index (κ2) is 5.15. The predicted molar refractivity (Wildman–Crippen MR) is 64.3 cm³/mol. The van der Waals surface area contributed by atoms with E-state index in [1.165, 1.54) is 0 Å². The Morgan fingerprint density at radius 2 is 1.94 bits per heavy atom. The molecule has 2 heterocycles. The quantitative estimate of drug-likeness (QED) is 0.734. The van der Waals surface area contributed by atoms with E-state index in [-0.39, 0.29) is 6.04 Å². The Kier molecular flexibility index (Phi) is 3.82. The molecule has 2 fully saturated rings. The molecule has 1 N–H and O–H groups in total. The van der Waals surface area contributed by atoms with Gasteiger partial charge < -0.3 is 10.2 Å². The minimum Gasteiger partial charge on any atom is -0.339 e. The van der Waals surface area contributed by atoms with Gasteiger partial charge in [0.25, 0.3) is 0 Å². The molecule has 1 atom stereocenters. The van der Waals surface area contributed by atoms with Crippen LogP contribution in [0, 0.1) is 0 Å². The molecular weight excluding hydrogens is 202 g/mol. The second-order valence-corrected chi connectivity index (χ2v) is 5.10. The van der Waals surface area contributed by atoms with E-state index in [1.807, 2.05) is 4.90 Å². The van der Waals surface area contributed by atoms with E-state index < -0.39 is 0 Å². The Morgan fingerprint density at radius 3 is 2.44 bits per heavy atom. The highest BCUT2D eigenvalue weighted by Gasteiger charge is 2.29. The molecule has 2 aliphatic rings. The number of amides is 1. The standard InChI is InChI=1S/C12H23N3O/c1-10(2)14-6-8-15(9-7-14)12(16)11-4-3-5-13-11/h10-11,13H,3-9H2,1-2H3/t11-/m1/s1. The number of piperazine rings is 1. The van der Waals surface area contributed by atoms with Crippen LogP contribution in [0.25, 0.3) is 0 Å². The van der Waals surface area contributed by atoms with E-state index >= 15 is 0 Å². The van der Waals surface area contributed by atoms with Crippen molar-refractivity contribution < 1.29 is 4.79 Å². The second-order valence-electron chi connectivity index (χ2n) is 5.10. The molecule has 0 spiro atoms. The van der Waals surface area contributed by atoms with Crippen LogP contribution in [-0.4, -0.2) is 60.5 Å². The lowest BCUT2D eigenvalue weighted by atomic mass is 10.1. The summed E-state index contributed by atoms with van der Waals surface area (Å²) in [5, 5.41) is 3.28. The first-order valence-corrected chi connectivity index (χ1v) is 6.44. The highest BCUT2D eigenvalue weighted by atomic mass is 16.2. The summed E-state index contributed by atoms with van der Waals surface area (Å²) in [6, 6.07) is 0.701. The molecule has 2 aliphatic heterocycles. The van der Waals surface area contributed by atoms with Crippen molar-refractivity contribution in [2.75, 3.05) is 32.7 Å². The zero-order valence-corrected chi connectivity index (χ0v) is 10.4. The van der Waals surface area contributed by atoms with Gasteiger partial charge in [0.05, 0.1) is 6.04 Å². The smallest absolute Gasteiger partial charge is 0.239 e. The lowest BCUT2D eigenvalue weighted by Gasteiger charge is -2.37. The molecule has 4 heteroatoms. The third-order valence-electron chi connectivity index (χ3n) is 3.71. The van der Waals surface area contributed by atoms with Crippen LogP contribution in [0.2, 0.25) is 0 Å². The molecule has 16 heavy (non-hydrogen) atoms. The summed E-state index contributed by atoms with van der Waals surface area (Å²) in [6.07, 6.45) is 2.16. The molecule has 4 nitrogen and oxygen atoms in total. The van der Waals surface area contributed by atoms with E-state index in [9.17, 15) is 4.79 Å². The van der Waals surface area contributed by atoms with Gasteiger partial charge >= 0.3 is 0 Å². The van der Waals surface area contributed by atoms with Crippen LogP contribution in [0.3, 0.4) is 0 Å². The number of rotatable bonds is 2. The van der Waals surface area contributed by atoms with Crippen molar-refractivity contribution in [3.8, 4) is 0 Å². The minimum absolute atomic E-state index is 0.102. The van der Waals surface area contributed by atoms with Gasteiger partial charge in [-0.1, -0.05) is 0 Å². The number of hydrogen-bond donors (Lipinski definition) is 1. The largest absolute Gasteiger partial charge is 0.339 e. The maximum Gasteiger partial charge on any atom is 0.239 e. The Bertz CT molecular complexity index is 241. The Balaban J connectivity index is 1.81. The van der Waals surface area contributed by atoms with Crippen LogP contribution in [-0.2, 0) is 4.79 Å². The maximum absolute atomic E-state index is 12.1. The van der Waals surface area contributed by atoms with Crippen molar-refractivity contribution >= 4 is 5.91 Å². The fourth-order valence-corrected chi connectivity index (χ4v) is 2.57. The van der Waals surface area contributed by atoms with E-state index in [4.69, 9.17) is 0 Å². The van der Waals surface area contributed by atoms with E-state index in [0.717, 1.165) is 45.6 Å². The van der Waals surface area contributed by atoms with Crippen LogP contribution in [0.5, 0.6) is 0 Å².